The van der Waals surface area contributed by atoms with Crippen molar-refractivity contribution in [3.05, 3.63) is 69.4 Å². The zero-order valence-corrected chi connectivity index (χ0v) is 16.9. The van der Waals surface area contributed by atoms with E-state index >= 15 is 0 Å². The topological polar surface area (TPSA) is 104 Å². The van der Waals surface area contributed by atoms with Crippen molar-refractivity contribution >= 4 is 27.4 Å². The highest BCUT2D eigenvalue weighted by atomic mass is 79.9. The van der Waals surface area contributed by atoms with E-state index in [-0.39, 0.29) is 19.0 Å². The lowest BCUT2D eigenvalue weighted by atomic mass is 10.2. The lowest BCUT2D eigenvalue weighted by Crippen LogP contribution is -2.34. The fraction of sp³-hybridized carbons (Fsp3) is 0.158. The summed E-state index contributed by atoms with van der Waals surface area (Å²) >= 11 is 3.40. The summed E-state index contributed by atoms with van der Waals surface area (Å²) in [6.07, 6.45) is 2.91. The Bertz CT molecular complexity index is 1230. The van der Waals surface area contributed by atoms with E-state index in [4.69, 9.17) is 9.15 Å². The molecule has 3 aromatic heterocycles. The third-order valence-electron chi connectivity index (χ3n) is 4.28. The Morgan fingerprint density at radius 1 is 1.31 bits per heavy atom. The van der Waals surface area contributed by atoms with Gasteiger partial charge >= 0.3 is 0 Å². The van der Waals surface area contributed by atoms with E-state index in [1.54, 1.807) is 25.3 Å². The smallest absolute Gasteiger partial charge is 0.293 e. The van der Waals surface area contributed by atoms with Crippen LogP contribution in [0.3, 0.4) is 0 Å². The molecule has 29 heavy (non-hydrogen) atoms. The Hall–Kier alpha value is -3.40. The molecule has 0 aliphatic rings. The van der Waals surface area contributed by atoms with Crippen LogP contribution in [0, 0.1) is 0 Å². The van der Waals surface area contributed by atoms with Gasteiger partial charge in [0, 0.05) is 22.6 Å². The second-order valence-corrected chi connectivity index (χ2v) is 7.08. The van der Waals surface area contributed by atoms with Crippen molar-refractivity contribution < 1.29 is 13.9 Å². The van der Waals surface area contributed by atoms with Crippen molar-refractivity contribution in [1.82, 2.24) is 24.7 Å². The van der Waals surface area contributed by atoms with E-state index in [1.165, 1.54) is 17.1 Å². The molecule has 0 aliphatic carbocycles. The van der Waals surface area contributed by atoms with Gasteiger partial charge in [-0.05, 0) is 30.3 Å². The second kappa shape index (κ2) is 7.92. The number of halogens is 1. The molecule has 148 valence electrons. The molecule has 1 N–H and O–H groups in total. The highest BCUT2D eigenvalue weighted by Gasteiger charge is 2.14. The molecular weight excluding hydrogens is 442 g/mol. The number of nitrogens with one attached hydrogen (secondary N) is 1. The van der Waals surface area contributed by atoms with Gasteiger partial charge in [-0.25, -0.2) is 9.20 Å². The van der Waals surface area contributed by atoms with Crippen LogP contribution in [0.25, 0.3) is 17.0 Å². The molecule has 0 unspecified atom stereocenters. The van der Waals surface area contributed by atoms with E-state index in [9.17, 15) is 9.59 Å². The normalized spacial score (nSPS) is 11.0. The number of amides is 1. The van der Waals surface area contributed by atoms with E-state index in [1.807, 2.05) is 18.2 Å². The lowest BCUT2D eigenvalue weighted by Gasteiger charge is -2.10. The van der Waals surface area contributed by atoms with Gasteiger partial charge in [0.05, 0.1) is 13.4 Å². The first kappa shape index (κ1) is 18.9. The Kier molecular flexibility index (Phi) is 5.17. The zero-order valence-electron chi connectivity index (χ0n) is 15.3. The van der Waals surface area contributed by atoms with Gasteiger partial charge in [0.15, 0.2) is 5.76 Å². The molecular formula is C19H16BrN5O4. The molecule has 4 rings (SSSR count). The summed E-state index contributed by atoms with van der Waals surface area (Å²) in [5.41, 5.74) is 1.20. The molecule has 0 saturated heterocycles. The average molecular weight is 458 g/mol. The molecule has 0 atom stereocenters. The number of nitrogens with zero attached hydrogens (tertiary/aromatic N) is 4. The summed E-state index contributed by atoms with van der Waals surface area (Å²) in [6, 6.07) is 10.6. The number of rotatable bonds is 6. The maximum atomic E-state index is 12.7. The van der Waals surface area contributed by atoms with Crippen molar-refractivity contribution in [2.45, 2.75) is 13.1 Å². The first-order chi connectivity index (χ1) is 14.0. The van der Waals surface area contributed by atoms with Crippen LogP contribution >= 0.6 is 15.9 Å². The SMILES string of the molecule is COc1ccc(Br)cc1CNC(=O)Cn1ncn2nc(-c3ccco3)cc2c1=O. The third kappa shape index (κ3) is 3.92. The van der Waals surface area contributed by atoms with Gasteiger partial charge < -0.3 is 14.5 Å². The number of fused-ring (bicyclic) bond motifs is 1. The summed E-state index contributed by atoms with van der Waals surface area (Å²) in [6.45, 7) is 0.0423. The van der Waals surface area contributed by atoms with Gasteiger partial charge in [0.25, 0.3) is 5.56 Å². The summed E-state index contributed by atoms with van der Waals surface area (Å²) in [5, 5.41) is 11.1. The Balaban J connectivity index is 1.50. The number of carbonyl (C=O) groups is 1. The van der Waals surface area contributed by atoms with Gasteiger partial charge in [-0.2, -0.15) is 10.2 Å². The molecule has 3 heterocycles. The van der Waals surface area contributed by atoms with Gasteiger partial charge in [0.2, 0.25) is 5.91 Å². The number of methoxy groups -OCH3 is 1. The lowest BCUT2D eigenvalue weighted by molar-refractivity contribution is -0.122. The maximum absolute atomic E-state index is 12.7. The van der Waals surface area contributed by atoms with Crippen molar-refractivity contribution in [3.8, 4) is 17.2 Å². The molecule has 0 aliphatic heterocycles. The van der Waals surface area contributed by atoms with Crippen molar-refractivity contribution in [1.29, 1.82) is 0 Å². The predicted molar refractivity (Wildman–Crippen MR) is 107 cm³/mol. The summed E-state index contributed by atoms with van der Waals surface area (Å²) in [4.78, 5) is 25.0. The van der Waals surface area contributed by atoms with Crippen molar-refractivity contribution in [2.75, 3.05) is 7.11 Å². The monoisotopic (exact) mass is 457 g/mol. The molecule has 9 nitrogen and oxygen atoms in total. The third-order valence-corrected chi connectivity index (χ3v) is 4.77. The van der Waals surface area contributed by atoms with E-state index in [0.29, 0.717) is 22.7 Å². The molecule has 10 heteroatoms. The number of benzene rings is 1. The predicted octanol–water partition coefficient (Wildman–Crippen LogP) is 2.24. The van der Waals surface area contributed by atoms with Crippen molar-refractivity contribution in [3.63, 3.8) is 0 Å². The Labute approximate surface area is 173 Å². The molecule has 0 bridgehead atoms. The van der Waals surface area contributed by atoms with Gasteiger partial charge in [0.1, 0.15) is 29.8 Å². The highest BCUT2D eigenvalue weighted by Crippen LogP contribution is 2.22. The minimum absolute atomic E-state index is 0.215. The van der Waals surface area contributed by atoms with Crippen LogP contribution in [0.2, 0.25) is 0 Å². The Morgan fingerprint density at radius 3 is 2.93 bits per heavy atom. The number of hydrogen-bond acceptors (Lipinski definition) is 6. The van der Waals surface area contributed by atoms with E-state index in [0.717, 1.165) is 14.7 Å². The molecule has 0 spiro atoms. The van der Waals surface area contributed by atoms with Crippen LogP contribution in [0.5, 0.6) is 5.75 Å². The summed E-state index contributed by atoms with van der Waals surface area (Å²) < 4.78 is 13.9. The van der Waals surface area contributed by atoms with Crippen LogP contribution in [0.1, 0.15) is 5.56 Å². The number of hydrogen-bond donors (Lipinski definition) is 1. The first-order valence-corrected chi connectivity index (χ1v) is 9.43. The molecule has 1 aromatic carbocycles. The van der Waals surface area contributed by atoms with Crippen LogP contribution in [-0.4, -0.2) is 32.4 Å². The molecule has 0 fully saturated rings. The quantitative estimate of drug-likeness (QED) is 0.476. The Morgan fingerprint density at radius 2 is 2.17 bits per heavy atom. The fourth-order valence-corrected chi connectivity index (χ4v) is 3.27. The largest absolute Gasteiger partial charge is 0.496 e. The molecule has 0 saturated carbocycles. The number of carbonyl (C=O) groups excluding carboxylic acids is 1. The number of furan rings is 1. The average Bonchev–Trinajstić information content (AvgIpc) is 3.38. The van der Waals surface area contributed by atoms with Crippen LogP contribution in [-0.2, 0) is 17.9 Å². The summed E-state index contributed by atoms with van der Waals surface area (Å²) in [5.74, 6) is 0.854. The molecule has 1 amide bonds. The van der Waals surface area contributed by atoms with Gasteiger partial charge in [-0.1, -0.05) is 15.9 Å². The van der Waals surface area contributed by atoms with Crippen LogP contribution in [0.15, 0.2) is 62.7 Å². The minimum atomic E-state index is -0.423. The fourth-order valence-electron chi connectivity index (χ4n) is 2.87. The van der Waals surface area contributed by atoms with Crippen molar-refractivity contribution in [2.24, 2.45) is 0 Å². The maximum Gasteiger partial charge on any atom is 0.293 e. The standard InChI is InChI=1S/C19H16BrN5O4/c1-28-16-5-4-13(20)7-12(16)9-21-18(26)10-24-19(27)15-8-14(17-3-2-6-29-17)23-25(15)11-22-24/h2-8,11H,9-10H2,1H3,(H,21,26). The highest BCUT2D eigenvalue weighted by molar-refractivity contribution is 9.10. The van der Waals surface area contributed by atoms with Gasteiger partial charge in [-0.3, -0.25) is 9.59 Å². The second-order valence-electron chi connectivity index (χ2n) is 6.16. The van der Waals surface area contributed by atoms with E-state index < -0.39 is 5.56 Å². The molecule has 4 aromatic rings. The van der Waals surface area contributed by atoms with Crippen LogP contribution in [0.4, 0.5) is 0 Å². The zero-order chi connectivity index (χ0) is 20.4. The number of aromatic nitrogens is 4. The summed E-state index contributed by atoms with van der Waals surface area (Å²) in [7, 11) is 1.57. The number of ether oxygens (including phenoxy) is 1. The minimum Gasteiger partial charge on any atom is -0.496 e. The van der Waals surface area contributed by atoms with Gasteiger partial charge in [-0.15, -0.1) is 0 Å². The molecule has 0 radical (unpaired) electrons. The van der Waals surface area contributed by atoms with E-state index in [2.05, 4.69) is 31.4 Å². The first-order valence-electron chi connectivity index (χ1n) is 8.63. The van der Waals surface area contributed by atoms with Crippen LogP contribution < -0.4 is 15.6 Å².